The Morgan fingerprint density at radius 3 is 3.00 bits per heavy atom. The summed E-state index contributed by atoms with van der Waals surface area (Å²) in [5, 5.41) is 7.01. The minimum atomic E-state index is -0.0180. The fraction of sp³-hybridized carbons (Fsp3) is 0.500. The number of H-pyrrole nitrogens is 2. The molecule has 21 heavy (non-hydrogen) atoms. The van der Waals surface area contributed by atoms with E-state index in [9.17, 15) is 4.79 Å². The van der Waals surface area contributed by atoms with Crippen molar-refractivity contribution in [3.05, 3.63) is 35.7 Å². The molecule has 0 aliphatic carbocycles. The van der Waals surface area contributed by atoms with Crippen molar-refractivity contribution in [3.63, 3.8) is 0 Å². The van der Waals surface area contributed by atoms with Crippen LogP contribution >= 0.6 is 0 Å². The van der Waals surface area contributed by atoms with Gasteiger partial charge in [-0.3, -0.25) is 14.8 Å². The first kappa shape index (κ1) is 13.8. The third kappa shape index (κ3) is 2.69. The van der Waals surface area contributed by atoms with Crippen LogP contribution in [0.4, 0.5) is 0 Å². The number of carbonyl (C=O) groups is 1. The van der Waals surface area contributed by atoms with Crippen LogP contribution in [0.1, 0.15) is 35.0 Å². The van der Waals surface area contributed by atoms with Crippen LogP contribution in [-0.4, -0.2) is 62.6 Å². The van der Waals surface area contributed by atoms with Crippen molar-refractivity contribution in [2.24, 2.45) is 0 Å². The van der Waals surface area contributed by atoms with Crippen LogP contribution in [0.25, 0.3) is 0 Å². The summed E-state index contributed by atoms with van der Waals surface area (Å²) in [7, 11) is 2.05. The number of hydrogen-bond donors (Lipinski definition) is 2. The fourth-order valence-corrected chi connectivity index (χ4v) is 2.63. The van der Waals surface area contributed by atoms with Crippen LogP contribution < -0.4 is 0 Å². The normalized spacial score (nSPS) is 19.9. The van der Waals surface area contributed by atoms with E-state index in [4.69, 9.17) is 0 Å². The van der Waals surface area contributed by atoms with E-state index in [-0.39, 0.29) is 11.9 Å². The molecule has 0 saturated carbocycles. The molecule has 112 valence electrons. The first-order valence-corrected chi connectivity index (χ1v) is 7.22. The summed E-state index contributed by atoms with van der Waals surface area (Å²) in [4.78, 5) is 24.1. The second-order valence-electron chi connectivity index (χ2n) is 5.35. The number of amides is 1. The molecule has 3 heterocycles. The number of rotatable bonds is 3. The molecule has 2 aromatic heterocycles. The predicted octanol–water partition coefficient (Wildman–Crippen LogP) is 0.824. The molecular weight excluding hydrogens is 268 g/mol. The maximum atomic E-state index is 12.5. The van der Waals surface area contributed by atoms with Crippen molar-refractivity contribution in [2.75, 3.05) is 26.7 Å². The Balaban J connectivity index is 1.75. The second kappa shape index (κ2) is 5.69. The van der Waals surface area contributed by atoms with E-state index in [1.807, 2.05) is 24.1 Å². The van der Waals surface area contributed by atoms with E-state index in [0.717, 1.165) is 24.5 Å². The van der Waals surface area contributed by atoms with Gasteiger partial charge in [0, 0.05) is 37.7 Å². The molecule has 0 aromatic carbocycles. The maximum absolute atomic E-state index is 12.5. The van der Waals surface area contributed by atoms with Crippen LogP contribution in [0.5, 0.6) is 0 Å². The van der Waals surface area contributed by atoms with Crippen molar-refractivity contribution in [3.8, 4) is 0 Å². The molecule has 7 heteroatoms. The number of carbonyl (C=O) groups excluding carboxylic acids is 1. The Kier molecular flexibility index (Phi) is 3.74. The molecule has 0 spiro atoms. The van der Waals surface area contributed by atoms with Crippen molar-refractivity contribution < 1.29 is 4.79 Å². The average Bonchev–Trinajstić information content (AvgIpc) is 3.18. The fourth-order valence-electron chi connectivity index (χ4n) is 2.63. The standard InChI is InChI=1S/C14H20N6O/c1-3-10-8-11(18-17-10)14(21)20-7-6-19(2)12(9-20)13-15-4-5-16-13/h4-5,8,12H,3,6-7,9H2,1-2H3,(H,15,16)(H,17,18)/t12-/m1/s1. The first-order valence-electron chi connectivity index (χ1n) is 7.22. The van der Waals surface area contributed by atoms with E-state index in [2.05, 4.69) is 32.1 Å². The summed E-state index contributed by atoms with van der Waals surface area (Å²) in [6.07, 6.45) is 4.40. The summed E-state index contributed by atoms with van der Waals surface area (Å²) in [5.41, 5.74) is 1.48. The molecule has 7 nitrogen and oxygen atoms in total. The molecule has 1 saturated heterocycles. The Morgan fingerprint density at radius 2 is 2.33 bits per heavy atom. The SMILES string of the molecule is CCc1cc(C(=O)N2CCN(C)[C@@H](c3ncc[nH]3)C2)n[nH]1. The van der Waals surface area contributed by atoms with Gasteiger partial charge in [-0.1, -0.05) is 6.92 Å². The zero-order chi connectivity index (χ0) is 14.8. The smallest absolute Gasteiger partial charge is 0.274 e. The topological polar surface area (TPSA) is 80.9 Å². The van der Waals surface area contributed by atoms with Gasteiger partial charge in [0.1, 0.15) is 11.5 Å². The van der Waals surface area contributed by atoms with Gasteiger partial charge in [0.25, 0.3) is 5.91 Å². The van der Waals surface area contributed by atoms with Gasteiger partial charge in [-0.15, -0.1) is 0 Å². The van der Waals surface area contributed by atoms with Gasteiger partial charge in [-0.2, -0.15) is 5.10 Å². The van der Waals surface area contributed by atoms with Crippen LogP contribution in [0, 0.1) is 0 Å². The molecule has 1 aliphatic rings. The quantitative estimate of drug-likeness (QED) is 0.876. The minimum Gasteiger partial charge on any atom is -0.347 e. The predicted molar refractivity (Wildman–Crippen MR) is 77.8 cm³/mol. The lowest BCUT2D eigenvalue weighted by Crippen LogP contribution is -2.49. The molecule has 0 bridgehead atoms. The lowest BCUT2D eigenvalue weighted by Gasteiger charge is -2.38. The summed E-state index contributed by atoms with van der Waals surface area (Å²) in [6.45, 7) is 4.19. The van der Waals surface area contributed by atoms with Gasteiger partial charge in [-0.25, -0.2) is 4.98 Å². The third-order valence-electron chi connectivity index (χ3n) is 4.00. The molecule has 1 fully saturated rings. The van der Waals surface area contributed by atoms with E-state index in [1.165, 1.54) is 0 Å². The van der Waals surface area contributed by atoms with Gasteiger partial charge < -0.3 is 9.88 Å². The van der Waals surface area contributed by atoms with Crippen molar-refractivity contribution in [1.82, 2.24) is 30.0 Å². The molecular formula is C14H20N6O. The number of likely N-dealkylation sites (N-methyl/N-ethyl adjacent to an activating group) is 1. The van der Waals surface area contributed by atoms with Crippen molar-refractivity contribution in [1.29, 1.82) is 0 Å². The molecule has 1 aliphatic heterocycles. The third-order valence-corrected chi connectivity index (χ3v) is 4.00. The van der Waals surface area contributed by atoms with E-state index >= 15 is 0 Å². The zero-order valence-electron chi connectivity index (χ0n) is 12.3. The van der Waals surface area contributed by atoms with Crippen LogP contribution in [-0.2, 0) is 6.42 Å². The van der Waals surface area contributed by atoms with Crippen LogP contribution in [0.15, 0.2) is 18.5 Å². The molecule has 1 atom stereocenters. The largest absolute Gasteiger partial charge is 0.347 e. The van der Waals surface area contributed by atoms with Gasteiger partial charge in [0.05, 0.1) is 6.04 Å². The first-order chi connectivity index (χ1) is 10.2. The highest BCUT2D eigenvalue weighted by atomic mass is 16.2. The molecule has 2 aromatic rings. The van der Waals surface area contributed by atoms with Gasteiger partial charge in [0.15, 0.2) is 0 Å². The molecule has 2 N–H and O–H groups in total. The van der Waals surface area contributed by atoms with Crippen LogP contribution in [0.2, 0.25) is 0 Å². The minimum absolute atomic E-state index is 0.0180. The number of aryl methyl sites for hydroxylation is 1. The Labute approximate surface area is 123 Å². The number of piperazine rings is 1. The Morgan fingerprint density at radius 1 is 1.48 bits per heavy atom. The van der Waals surface area contributed by atoms with Crippen LogP contribution in [0.3, 0.4) is 0 Å². The number of nitrogens with zero attached hydrogens (tertiary/aromatic N) is 4. The highest BCUT2D eigenvalue weighted by Gasteiger charge is 2.31. The lowest BCUT2D eigenvalue weighted by atomic mass is 10.1. The number of imidazole rings is 1. The molecule has 0 unspecified atom stereocenters. The molecule has 1 amide bonds. The zero-order valence-corrected chi connectivity index (χ0v) is 12.3. The highest BCUT2D eigenvalue weighted by molar-refractivity contribution is 5.92. The average molecular weight is 288 g/mol. The Bertz CT molecular complexity index is 605. The highest BCUT2D eigenvalue weighted by Crippen LogP contribution is 2.22. The number of nitrogens with one attached hydrogen (secondary N) is 2. The molecule has 0 radical (unpaired) electrons. The lowest BCUT2D eigenvalue weighted by molar-refractivity contribution is 0.0529. The van der Waals surface area contributed by atoms with E-state index < -0.39 is 0 Å². The van der Waals surface area contributed by atoms with E-state index in [1.54, 1.807) is 6.20 Å². The van der Waals surface area contributed by atoms with Crippen molar-refractivity contribution in [2.45, 2.75) is 19.4 Å². The molecule has 3 rings (SSSR count). The Hall–Kier alpha value is -2.15. The summed E-state index contributed by atoms with van der Waals surface area (Å²) in [5.74, 6) is 0.877. The number of aromatic amines is 2. The summed E-state index contributed by atoms with van der Waals surface area (Å²) < 4.78 is 0. The number of hydrogen-bond acceptors (Lipinski definition) is 4. The van der Waals surface area contributed by atoms with Gasteiger partial charge >= 0.3 is 0 Å². The van der Waals surface area contributed by atoms with E-state index in [0.29, 0.717) is 18.8 Å². The monoisotopic (exact) mass is 288 g/mol. The summed E-state index contributed by atoms with van der Waals surface area (Å²) >= 11 is 0. The number of aromatic nitrogens is 4. The maximum Gasteiger partial charge on any atom is 0.274 e. The second-order valence-corrected chi connectivity index (χ2v) is 5.35. The van der Waals surface area contributed by atoms with Crippen molar-refractivity contribution >= 4 is 5.91 Å². The van der Waals surface area contributed by atoms with Gasteiger partial charge in [-0.05, 0) is 19.5 Å². The van der Waals surface area contributed by atoms with Gasteiger partial charge in [0.2, 0.25) is 0 Å². The summed E-state index contributed by atoms with van der Waals surface area (Å²) in [6, 6.07) is 1.94.